The number of benzene rings is 3. The molecule has 0 aromatic heterocycles. The fourth-order valence-electron chi connectivity index (χ4n) is 3.94. The number of nitrogens with two attached hydrogens (primary N) is 1. The lowest BCUT2D eigenvalue weighted by atomic mass is 9.87. The van der Waals surface area contributed by atoms with Gasteiger partial charge in [0.2, 0.25) is 10.0 Å². The van der Waals surface area contributed by atoms with Gasteiger partial charge < -0.3 is 15.6 Å². The van der Waals surface area contributed by atoms with Crippen LogP contribution in [0.3, 0.4) is 0 Å². The molecule has 1 saturated heterocycles. The van der Waals surface area contributed by atoms with Crippen LogP contribution in [0.25, 0.3) is 0 Å². The minimum Gasteiger partial charge on any atom is -0.480 e. The minimum absolute atomic E-state index is 0.00861. The van der Waals surface area contributed by atoms with Crippen LogP contribution in [0.1, 0.15) is 16.7 Å². The van der Waals surface area contributed by atoms with Crippen molar-refractivity contribution in [2.24, 2.45) is 5.73 Å². The molecule has 7 nitrogen and oxygen atoms in total. The maximum atomic E-state index is 13.8. The van der Waals surface area contributed by atoms with Crippen LogP contribution in [-0.4, -0.2) is 42.9 Å². The Balaban J connectivity index is 1.60. The molecule has 0 aliphatic carbocycles. The molecule has 178 valence electrons. The molecule has 1 fully saturated rings. The molecule has 0 saturated carbocycles. The molecule has 1 aliphatic rings. The van der Waals surface area contributed by atoms with Crippen molar-refractivity contribution in [3.8, 4) is 5.75 Å². The normalized spacial score (nSPS) is 16.4. The fourth-order valence-corrected chi connectivity index (χ4v) is 5.54. The minimum atomic E-state index is -3.88. The van der Waals surface area contributed by atoms with Crippen LogP contribution < -0.4 is 10.5 Å². The average Bonchev–Trinajstić information content (AvgIpc) is 2.76. The third-order valence-corrected chi connectivity index (χ3v) is 7.65. The Kier molecular flexibility index (Phi) is 6.44. The second-order valence-electron chi connectivity index (χ2n) is 8.49. The first-order valence-corrected chi connectivity index (χ1v) is 12.1. The van der Waals surface area contributed by atoms with Gasteiger partial charge in [-0.25, -0.2) is 12.8 Å². The summed E-state index contributed by atoms with van der Waals surface area (Å²) < 4.78 is 47.9. The van der Waals surface area contributed by atoms with E-state index in [1.807, 2.05) is 31.2 Å². The molecule has 3 N–H and O–H groups in total. The maximum Gasteiger partial charge on any atom is 0.320 e. The summed E-state index contributed by atoms with van der Waals surface area (Å²) in [6.07, 6.45) is 0.00861. The van der Waals surface area contributed by atoms with E-state index >= 15 is 0 Å². The van der Waals surface area contributed by atoms with E-state index in [9.17, 15) is 17.6 Å². The first-order chi connectivity index (χ1) is 16.1. The van der Waals surface area contributed by atoms with Crippen LogP contribution in [0.15, 0.2) is 77.7 Å². The molecule has 0 amide bonds. The number of sulfonamides is 1. The number of rotatable bonds is 8. The smallest absolute Gasteiger partial charge is 0.320 e. The third-order valence-electron chi connectivity index (χ3n) is 5.86. The molecule has 1 atom stereocenters. The number of aliphatic carboxylic acids is 1. The molecule has 3 aromatic carbocycles. The Labute approximate surface area is 197 Å². The number of hydrogen-bond donors (Lipinski definition) is 2. The fraction of sp³-hybridized carbons (Fsp3) is 0.240. The number of carboxylic acids is 1. The Bertz CT molecular complexity index is 1300. The summed E-state index contributed by atoms with van der Waals surface area (Å²) in [6.45, 7) is 2.02. The topological polar surface area (TPSA) is 110 Å². The predicted octanol–water partition coefficient (Wildman–Crippen LogP) is 3.07. The van der Waals surface area contributed by atoms with Crippen LogP contribution >= 0.6 is 0 Å². The van der Waals surface area contributed by atoms with Gasteiger partial charge in [0.05, 0.1) is 18.0 Å². The number of carbonyl (C=O) groups is 1. The lowest BCUT2D eigenvalue weighted by molar-refractivity contribution is -0.138. The van der Waals surface area contributed by atoms with Gasteiger partial charge in [-0.3, -0.25) is 4.79 Å². The summed E-state index contributed by atoms with van der Waals surface area (Å²) in [5.74, 6) is -1.30. The van der Waals surface area contributed by atoms with Crippen LogP contribution in [0, 0.1) is 12.7 Å². The van der Waals surface area contributed by atoms with Crippen molar-refractivity contribution in [1.82, 2.24) is 4.31 Å². The first-order valence-electron chi connectivity index (χ1n) is 10.7. The van der Waals surface area contributed by atoms with Gasteiger partial charge in [-0.15, -0.1) is 0 Å². The van der Waals surface area contributed by atoms with E-state index in [4.69, 9.17) is 15.6 Å². The molecule has 0 spiro atoms. The molecule has 9 heteroatoms. The first kappa shape index (κ1) is 23.9. The largest absolute Gasteiger partial charge is 0.480 e. The zero-order chi connectivity index (χ0) is 24.5. The molecule has 0 bridgehead atoms. The summed E-state index contributed by atoms with van der Waals surface area (Å²) in [7, 11) is -3.88. The molecular weight excluding hydrogens is 459 g/mol. The number of halogens is 1. The Morgan fingerprint density at radius 1 is 1.12 bits per heavy atom. The zero-order valence-corrected chi connectivity index (χ0v) is 19.3. The van der Waals surface area contributed by atoms with Crippen molar-refractivity contribution in [1.29, 1.82) is 0 Å². The van der Waals surface area contributed by atoms with E-state index in [1.165, 1.54) is 34.6 Å². The highest BCUT2D eigenvalue weighted by molar-refractivity contribution is 7.89. The average molecular weight is 485 g/mol. The van der Waals surface area contributed by atoms with Crippen molar-refractivity contribution in [3.05, 3.63) is 95.3 Å². The summed E-state index contributed by atoms with van der Waals surface area (Å²) >= 11 is 0. The summed E-state index contributed by atoms with van der Waals surface area (Å²) in [5.41, 5.74) is 6.97. The lowest BCUT2D eigenvalue weighted by Gasteiger charge is -2.49. The van der Waals surface area contributed by atoms with Crippen molar-refractivity contribution in [3.63, 3.8) is 0 Å². The standard InChI is InChI=1S/C25H25FN2O5S/c1-17-8-10-19(11-9-17)25(33-21-6-3-5-20(26)14-21)15-28(16-25)34(31,32)22-7-2-4-18(12-22)13-23(27)24(29)30/h2-12,14,23H,13,15-16,27H2,1H3,(H,29,30)/t23-/m0/s1. The number of aryl methyl sites for hydroxylation is 1. The highest BCUT2D eigenvalue weighted by Gasteiger charge is 2.52. The van der Waals surface area contributed by atoms with E-state index in [-0.39, 0.29) is 24.4 Å². The van der Waals surface area contributed by atoms with Crippen LogP contribution in [0.4, 0.5) is 4.39 Å². The molecular formula is C25H25FN2O5S. The van der Waals surface area contributed by atoms with Gasteiger partial charge in [0.25, 0.3) is 0 Å². The maximum absolute atomic E-state index is 13.8. The Morgan fingerprint density at radius 3 is 2.44 bits per heavy atom. The summed E-state index contributed by atoms with van der Waals surface area (Å²) in [6, 6.07) is 18.3. The SMILES string of the molecule is Cc1ccc(C2(Oc3cccc(F)c3)CN(S(=O)(=O)c3cccc(C[C@H](N)C(=O)O)c3)C2)cc1. The van der Waals surface area contributed by atoms with Crippen molar-refractivity contribution >= 4 is 16.0 Å². The number of nitrogens with zero attached hydrogens (tertiary/aromatic N) is 1. The van der Waals surface area contributed by atoms with Gasteiger partial charge in [-0.2, -0.15) is 4.31 Å². The molecule has 0 unspecified atom stereocenters. The molecule has 34 heavy (non-hydrogen) atoms. The molecule has 3 aromatic rings. The number of hydrogen-bond acceptors (Lipinski definition) is 5. The van der Waals surface area contributed by atoms with E-state index in [0.717, 1.165) is 11.1 Å². The van der Waals surface area contributed by atoms with Gasteiger partial charge in [0.1, 0.15) is 17.6 Å². The number of carboxylic acid groups (broad SMARTS) is 1. The van der Waals surface area contributed by atoms with E-state index in [0.29, 0.717) is 11.3 Å². The van der Waals surface area contributed by atoms with Gasteiger partial charge >= 0.3 is 5.97 Å². The second kappa shape index (κ2) is 9.17. The predicted molar refractivity (Wildman–Crippen MR) is 124 cm³/mol. The van der Waals surface area contributed by atoms with Crippen LogP contribution in [0.5, 0.6) is 5.75 Å². The molecule has 0 radical (unpaired) electrons. The van der Waals surface area contributed by atoms with Crippen molar-refractivity contribution in [2.75, 3.05) is 13.1 Å². The van der Waals surface area contributed by atoms with Crippen LogP contribution in [0.2, 0.25) is 0 Å². The summed E-state index contributed by atoms with van der Waals surface area (Å²) in [4.78, 5) is 11.1. The highest BCUT2D eigenvalue weighted by atomic mass is 32.2. The lowest BCUT2D eigenvalue weighted by Crippen LogP contribution is -2.64. The molecule has 1 heterocycles. The highest BCUT2D eigenvalue weighted by Crippen LogP contribution is 2.40. The molecule has 1 aliphatic heterocycles. The van der Waals surface area contributed by atoms with E-state index < -0.39 is 33.5 Å². The molecule has 4 rings (SSSR count). The zero-order valence-electron chi connectivity index (χ0n) is 18.5. The Hall–Kier alpha value is -3.27. The number of ether oxygens (including phenoxy) is 1. The Morgan fingerprint density at radius 2 is 1.79 bits per heavy atom. The van der Waals surface area contributed by atoms with Gasteiger partial charge in [-0.1, -0.05) is 48.0 Å². The van der Waals surface area contributed by atoms with Gasteiger partial charge in [0, 0.05) is 6.07 Å². The van der Waals surface area contributed by atoms with Crippen molar-refractivity contribution < 1.29 is 27.4 Å². The van der Waals surface area contributed by atoms with E-state index in [1.54, 1.807) is 18.2 Å². The van der Waals surface area contributed by atoms with Gasteiger partial charge in [-0.05, 0) is 48.7 Å². The third kappa shape index (κ3) is 4.82. The van der Waals surface area contributed by atoms with Crippen molar-refractivity contribution in [2.45, 2.75) is 29.9 Å². The second-order valence-corrected chi connectivity index (χ2v) is 10.4. The van der Waals surface area contributed by atoms with E-state index in [2.05, 4.69) is 0 Å². The van der Waals surface area contributed by atoms with Crippen LogP contribution in [-0.2, 0) is 26.8 Å². The van der Waals surface area contributed by atoms with Gasteiger partial charge in [0.15, 0.2) is 5.60 Å². The quantitative estimate of drug-likeness (QED) is 0.509. The monoisotopic (exact) mass is 484 g/mol. The summed E-state index contributed by atoms with van der Waals surface area (Å²) in [5, 5.41) is 9.04.